The second kappa shape index (κ2) is 60.9. The first-order valence-electron chi connectivity index (χ1n) is 30.8. The van der Waals surface area contributed by atoms with Crippen molar-refractivity contribution in [2.45, 2.75) is 322 Å². The van der Waals surface area contributed by atoms with Crippen LogP contribution >= 0.6 is 0 Å². The number of carbonyl (C=O) groups is 2. The van der Waals surface area contributed by atoms with Crippen molar-refractivity contribution in [1.29, 1.82) is 0 Å². The van der Waals surface area contributed by atoms with Crippen molar-refractivity contribution < 1.29 is 23.8 Å². The second-order valence-corrected chi connectivity index (χ2v) is 20.6. The molecule has 0 amide bonds. The van der Waals surface area contributed by atoms with Gasteiger partial charge in [0.15, 0.2) is 6.10 Å². The summed E-state index contributed by atoms with van der Waals surface area (Å²) in [7, 11) is 0. The average Bonchev–Trinajstić information content (AvgIpc) is 3.36. The number of esters is 2. The molecular weight excluding hydrogens is 861 g/mol. The molecule has 0 aromatic heterocycles. The number of rotatable bonds is 57. The molecule has 0 saturated carbocycles. The summed E-state index contributed by atoms with van der Waals surface area (Å²) >= 11 is 0. The maximum Gasteiger partial charge on any atom is 0.306 e. The molecule has 0 saturated heterocycles. The van der Waals surface area contributed by atoms with Gasteiger partial charge in [0.1, 0.15) is 6.61 Å². The Kier molecular flexibility index (Phi) is 58.8. The van der Waals surface area contributed by atoms with Gasteiger partial charge in [0.05, 0.1) is 6.61 Å². The summed E-state index contributed by atoms with van der Waals surface area (Å²) in [5.74, 6) is -0.395. The molecule has 0 radical (unpaired) electrons. The van der Waals surface area contributed by atoms with Crippen LogP contribution in [-0.2, 0) is 23.8 Å². The first-order chi connectivity index (χ1) is 34.6. The van der Waals surface area contributed by atoms with E-state index in [2.05, 4.69) is 81.5 Å². The Bertz CT molecular complexity index is 1200. The summed E-state index contributed by atoms with van der Waals surface area (Å²) < 4.78 is 17.5. The molecule has 0 aromatic rings. The van der Waals surface area contributed by atoms with E-state index in [1.54, 1.807) is 0 Å². The molecule has 1 unspecified atom stereocenters. The van der Waals surface area contributed by atoms with Gasteiger partial charge in [-0.25, -0.2) is 0 Å². The first kappa shape index (κ1) is 67.6. The number of allylic oxidation sites excluding steroid dienone is 10. The van der Waals surface area contributed by atoms with E-state index in [-0.39, 0.29) is 25.2 Å². The van der Waals surface area contributed by atoms with Gasteiger partial charge in [-0.2, -0.15) is 0 Å². The van der Waals surface area contributed by atoms with E-state index in [9.17, 15) is 9.59 Å². The monoisotopic (exact) mass is 979 g/mol. The van der Waals surface area contributed by atoms with Crippen LogP contribution in [0.5, 0.6) is 0 Å². The van der Waals surface area contributed by atoms with Crippen LogP contribution in [0, 0.1) is 0 Å². The summed E-state index contributed by atoms with van der Waals surface area (Å²) in [4.78, 5) is 25.6. The van der Waals surface area contributed by atoms with Gasteiger partial charge in [-0.1, -0.05) is 261 Å². The van der Waals surface area contributed by atoms with Crippen LogP contribution in [0.2, 0.25) is 0 Å². The normalized spacial score (nSPS) is 12.6. The third-order valence-electron chi connectivity index (χ3n) is 13.5. The van der Waals surface area contributed by atoms with Crippen LogP contribution < -0.4 is 0 Å². The predicted octanol–water partition coefficient (Wildman–Crippen LogP) is 21.2. The molecule has 70 heavy (non-hydrogen) atoms. The molecule has 0 aliphatic rings. The van der Waals surface area contributed by atoms with Crippen LogP contribution in [0.15, 0.2) is 60.8 Å². The van der Waals surface area contributed by atoms with Crippen molar-refractivity contribution in [3.8, 4) is 0 Å². The summed E-state index contributed by atoms with van der Waals surface area (Å²) in [5.41, 5.74) is 0. The first-order valence-corrected chi connectivity index (χ1v) is 30.8. The number of ether oxygens (including phenoxy) is 3. The summed E-state index contributed by atoms with van der Waals surface area (Å²) in [5, 5.41) is 0. The van der Waals surface area contributed by atoms with E-state index >= 15 is 0 Å². The van der Waals surface area contributed by atoms with Crippen molar-refractivity contribution in [3.63, 3.8) is 0 Å². The standard InChI is InChI=1S/C65H118O5/c1-4-7-10-13-16-19-22-25-28-31-33-35-37-40-43-46-49-52-55-58-64(66)69-62-63(61-68-60-57-54-51-48-45-42-39-36-32-29-26-23-20-17-14-11-8-5-2)70-65(67)59-56-53-50-47-44-41-38-34-30-27-24-21-18-15-12-9-6-3/h8,11,17,20,25-30,63H,4-7,9-10,12-16,18-19,21-24,31-62H2,1-3H3/b11-8-,20-17-,28-25-,29-26-,30-27-. The highest BCUT2D eigenvalue weighted by Crippen LogP contribution is 2.16. The molecule has 408 valence electrons. The Morgan fingerprint density at radius 1 is 0.329 bits per heavy atom. The van der Waals surface area contributed by atoms with E-state index in [1.165, 1.54) is 218 Å². The lowest BCUT2D eigenvalue weighted by Crippen LogP contribution is -2.30. The molecule has 0 bridgehead atoms. The van der Waals surface area contributed by atoms with E-state index in [0.29, 0.717) is 19.4 Å². The maximum atomic E-state index is 12.9. The number of unbranched alkanes of at least 4 members (excludes halogenated alkanes) is 36. The zero-order valence-corrected chi connectivity index (χ0v) is 47.0. The van der Waals surface area contributed by atoms with E-state index in [0.717, 1.165) is 64.2 Å². The predicted molar refractivity (Wildman–Crippen MR) is 307 cm³/mol. The third-order valence-corrected chi connectivity index (χ3v) is 13.5. The molecule has 5 nitrogen and oxygen atoms in total. The molecule has 0 fully saturated rings. The van der Waals surface area contributed by atoms with Gasteiger partial charge in [0.2, 0.25) is 0 Å². The Balaban J connectivity index is 4.27. The van der Waals surface area contributed by atoms with Gasteiger partial charge in [-0.3, -0.25) is 9.59 Å². The average molecular weight is 980 g/mol. The minimum absolute atomic E-state index is 0.0809. The quantitative estimate of drug-likeness (QED) is 0.0345. The Morgan fingerprint density at radius 3 is 1.04 bits per heavy atom. The summed E-state index contributed by atoms with van der Waals surface area (Å²) in [6, 6.07) is 0. The highest BCUT2D eigenvalue weighted by molar-refractivity contribution is 5.70. The fraction of sp³-hybridized carbons (Fsp3) is 0.815. The fourth-order valence-corrected chi connectivity index (χ4v) is 8.93. The smallest absolute Gasteiger partial charge is 0.306 e. The second-order valence-electron chi connectivity index (χ2n) is 20.6. The lowest BCUT2D eigenvalue weighted by Gasteiger charge is -2.18. The lowest BCUT2D eigenvalue weighted by atomic mass is 10.1. The molecule has 0 aliphatic heterocycles. The highest BCUT2D eigenvalue weighted by atomic mass is 16.6. The van der Waals surface area contributed by atoms with Gasteiger partial charge in [0.25, 0.3) is 0 Å². The molecular formula is C65H118O5. The topological polar surface area (TPSA) is 61.8 Å². The Morgan fingerprint density at radius 2 is 0.643 bits per heavy atom. The van der Waals surface area contributed by atoms with Gasteiger partial charge < -0.3 is 14.2 Å². The molecule has 5 heteroatoms. The van der Waals surface area contributed by atoms with Crippen molar-refractivity contribution in [2.24, 2.45) is 0 Å². The number of hydrogen-bond donors (Lipinski definition) is 0. The molecule has 1 atom stereocenters. The third kappa shape index (κ3) is 58.2. The summed E-state index contributed by atoms with van der Waals surface area (Å²) in [6.45, 7) is 7.74. The zero-order valence-electron chi connectivity index (χ0n) is 47.0. The largest absolute Gasteiger partial charge is 0.462 e. The van der Waals surface area contributed by atoms with Gasteiger partial charge in [-0.05, 0) is 103 Å². The van der Waals surface area contributed by atoms with Crippen molar-refractivity contribution in [3.05, 3.63) is 60.8 Å². The molecule has 0 N–H and O–H groups in total. The highest BCUT2D eigenvalue weighted by Gasteiger charge is 2.17. The van der Waals surface area contributed by atoms with Crippen LogP contribution in [-0.4, -0.2) is 37.9 Å². The van der Waals surface area contributed by atoms with Crippen molar-refractivity contribution in [2.75, 3.05) is 19.8 Å². The molecule has 0 aliphatic carbocycles. The Hall–Kier alpha value is -2.40. The van der Waals surface area contributed by atoms with Crippen LogP contribution in [0.25, 0.3) is 0 Å². The van der Waals surface area contributed by atoms with Gasteiger partial charge in [-0.15, -0.1) is 0 Å². The fourth-order valence-electron chi connectivity index (χ4n) is 8.93. The van der Waals surface area contributed by atoms with E-state index in [4.69, 9.17) is 14.2 Å². The Labute approximate surface area is 436 Å². The minimum atomic E-state index is -0.545. The molecule has 0 aromatic carbocycles. The minimum Gasteiger partial charge on any atom is -0.462 e. The number of hydrogen-bond acceptors (Lipinski definition) is 5. The zero-order chi connectivity index (χ0) is 50.6. The van der Waals surface area contributed by atoms with Crippen molar-refractivity contribution >= 4 is 11.9 Å². The van der Waals surface area contributed by atoms with Crippen molar-refractivity contribution in [1.82, 2.24) is 0 Å². The number of carbonyl (C=O) groups excluding carboxylic acids is 2. The van der Waals surface area contributed by atoms with Gasteiger partial charge >= 0.3 is 11.9 Å². The maximum absolute atomic E-state index is 12.9. The van der Waals surface area contributed by atoms with Crippen LogP contribution in [0.3, 0.4) is 0 Å². The lowest BCUT2D eigenvalue weighted by molar-refractivity contribution is -0.163. The van der Waals surface area contributed by atoms with E-state index < -0.39 is 6.10 Å². The molecule has 0 heterocycles. The van der Waals surface area contributed by atoms with Crippen LogP contribution in [0.4, 0.5) is 0 Å². The van der Waals surface area contributed by atoms with Crippen LogP contribution in [0.1, 0.15) is 316 Å². The SMILES string of the molecule is CC/C=C\C/C=C\C/C=C\CCCCCCCCCCOCC(COC(=O)CCCCCCCCCCC/C=C\CCCCCCCC)OC(=O)CCCCCCCCC/C=C\CCCCCCCC. The summed E-state index contributed by atoms with van der Waals surface area (Å²) in [6.07, 6.45) is 78.2. The van der Waals surface area contributed by atoms with Gasteiger partial charge in [0, 0.05) is 19.4 Å². The molecule has 0 spiro atoms. The molecule has 0 rings (SSSR count). The van der Waals surface area contributed by atoms with E-state index in [1.807, 2.05) is 0 Å².